The van der Waals surface area contributed by atoms with Crippen LogP contribution in [0, 0.1) is 12.7 Å². The summed E-state index contributed by atoms with van der Waals surface area (Å²) in [4.78, 5) is 30.2. The van der Waals surface area contributed by atoms with Gasteiger partial charge in [-0.25, -0.2) is 9.37 Å². The molecule has 39 heteroatoms. The van der Waals surface area contributed by atoms with Crippen LogP contribution in [0.5, 0.6) is 17.4 Å². The Hall–Kier alpha value is -6.81. The molecule has 0 saturated heterocycles. The summed E-state index contributed by atoms with van der Waals surface area (Å²) in [6, 6.07) is 3.95. The molecule has 30 nitrogen and oxygen atoms in total. The molecule has 2 aromatic heterocycles. The van der Waals surface area contributed by atoms with E-state index in [1.165, 1.54) is 13.0 Å². The highest BCUT2D eigenvalue weighted by Gasteiger charge is 2.35. The van der Waals surface area contributed by atoms with Gasteiger partial charge in [0, 0.05) is 11.6 Å². The number of hydrogen-bond donors (Lipinski definition) is 10. The molecule has 1 atom stereocenters. The molecule has 2 aliphatic heterocycles. The maximum atomic E-state index is 14.6. The highest BCUT2D eigenvalue weighted by molar-refractivity contribution is 7.87. The summed E-state index contributed by atoms with van der Waals surface area (Å²) in [6.45, 7) is 2.15. The Balaban J connectivity index is 1.12. The van der Waals surface area contributed by atoms with Crippen LogP contribution in [-0.2, 0) is 56.3 Å². The first-order valence-electron chi connectivity index (χ1n) is 20.0. The lowest BCUT2D eigenvalue weighted by Crippen LogP contribution is -2.24. The monoisotopic (exact) mass is 1210 g/mol. The van der Waals surface area contributed by atoms with Crippen molar-refractivity contribution in [2.75, 3.05) is 22.5 Å². The number of pyridine rings is 1. The number of nitrogens with one attached hydrogen (secondary N) is 4. The fourth-order valence-electron chi connectivity index (χ4n) is 7.13. The van der Waals surface area contributed by atoms with Crippen LogP contribution in [0.2, 0.25) is 15.3 Å². The molecule has 10 N–H and O–H groups in total. The fourth-order valence-corrected chi connectivity index (χ4v) is 11.4. The molecular weight excluding hydrogens is 1190 g/mol. The normalized spacial score (nSPS) is 13.9. The molecule has 0 bridgehead atoms. The number of H-pyrrole nitrogens is 1. The second-order valence-electron chi connectivity index (χ2n) is 15.6. The van der Waals surface area contributed by atoms with Gasteiger partial charge in [0.2, 0.25) is 17.2 Å². The molecule has 3 aromatic carbocycles. The average Bonchev–Trinajstić information content (AvgIpc) is 3.30. The maximum absolute atomic E-state index is 14.6. The molecule has 1 unspecified atom stereocenters. The molecule has 0 spiro atoms. The van der Waals surface area contributed by atoms with E-state index in [0.29, 0.717) is 12.1 Å². The third kappa shape index (κ3) is 11.2. The van der Waals surface area contributed by atoms with Gasteiger partial charge in [-0.05, 0) is 67.4 Å². The van der Waals surface area contributed by atoms with Gasteiger partial charge in [0.25, 0.3) is 35.9 Å². The van der Waals surface area contributed by atoms with Crippen LogP contribution < -0.4 is 31.6 Å². The Labute approximate surface area is 438 Å². The molecule has 0 saturated carbocycles. The number of aromatic amines is 1. The zero-order chi connectivity index (χ0) is 55.9. The summed E-state index contributed by atoms with van der Waals surface area (Å²) in [7, 11) is -26.1. The minimum Gasteiger partial charge on any atom is -0.494 e. The zero-order valence-electron chi connectivity index (χ0n) is 37.1. The van der Waals surface area contributed by atoms with Gasteiger partial charge in [0.05, 0.1) is 23.3 Å². The number of halogens is 4. The molecule has 0 amide bonds. The van der Waals surface area contributed by atoms with Crippen molar-refractivity contribution in [2.45, 2.75) is 45.2 Å². The minimum absolute atomic E-state index is 0.199. The van der Waals surface area contributed by atoms with Crippen molar-refractivity contribution in [3.05, 3.63) is 84.4 Å². The minimum atomic E-state index is -5.45. The summed E-state index contributed by atoms with van der Waals surface area (Å²) in [5.41, 5.74) is -6.03. The van der Waals surface area contributed by atoms with Crippen molar-refractivity contribution in [1.82, 2.24) is 24.9 Å². The van der Waals surface area contributed by atoms with Gasteiger partial charge in [0.15, 0.2) is 44.2 Å². The number of ether oxygens (including phenoxy) is 1. The Morgan fingerprint density at radius 1 is 0.789 bits per heavy atom. The third-order valence-corrected chi connectivity index (χ3v) is 15.4. The predicted molar refractivity (Wildman–Crippen MR) is 261 cm³/mol. The number of azo groups is 1. The fraction of sp³-hybridized carbons (Fsp3) is 0.135. The number of aromatic hydroxyl groups is 1. The van der Waals surface area contributed by atoms with Crippen LogP contribution in [0.3, 0.4) is 0 Å². The van der Waals surface area contributed by atoms with E-state index in [1.54, 1.807) is 0 Å². The van der Waals surface area contributed by atoms with E-state index in [1.807, 2.05) is 4.98 Å². The Morgan fingerprint density at radius 3 is 2.08 bits per heavy atom. The Kier molecular flexibility index (Phi) is 14.3. The Morgan fingerprint density at radius 2 is 1.45 bits per heavy atom. The van der Waals surface area contributed by atoms with E-state index in [9.17, 15) is 79.1 Å². The van der Waals surface area contributed by atoms with Gasteiger partial charge in [-0.2, -0.15) is 57.0 Å². The Bertz CT molecular complexity index is 4420. The number of benzene rings is 4. The van der Waals surface area contributed by atoms with Gasteiger partial charge < -0.3 is 30.2 Å². The van der Waals surface area contributed by atoms with E-state index in [2.05, 4.69) is 51.1 Å². The molecule has 3 aliphatic rings. The largest absolute Gasteiger partial charge is 0.494 e. The van der Waals surface area contributed by atoms with E-state index < -0.39 is 172 Å². The van der Waals surface area contributed by atoms with Crippen LogP contribution in [0.1, 0.15) is 18.1 Å². The average molecular weight is 1220 g/mol. The van der Waals surface area contributed by atoms with E-state index in [0.717, 1.165) is 19.1 Å². The van der Waals surface area contributed by atoms with Crippen molar-refractivity contribution >= 4 is 137 Å². The van der Waals surface area contributed by atoms with Crippen molar-refractivity contribution in [3.8, 4) is 28.8 Å². The van der Waals surface area contributed by atoms with E-state index >= 15 is 0 Å². The summed E-state index contributed by atoms with van der Waals surface area (Å²) < 4.78 is 199. The maximum Gasteiger partial charge on any atom is 0.301 e. The lowest BCUT2D eigenvalue weighted by atomic mass is 10.1. The summed E-state index contributed by atoms with van der Waals surface area (Å²) in [6.07, 6.45) is 0. The number of anilines is 5. The molecule has 402 valence electrons. The SMILES string of the molecule is Cc1c(CS(=O)(=O)O)c(O)[nH]c(=O)c1N=Nc1cc(Nc2nc(Cl)nc(NC(C)CN=c3ccc4nc5c(Cl)c6c(c(Cl)c5oc-4c3S(=O)(=O)O)Nc3ccc(F)c(S(=O)(=O)O)c3O6)n2)c(S(=O)(=O)O)cc1S(=O)(=O)O. The van der Waals surface area contributed by atoms with Crippen LogP contribution >= 0.6 is 34.8 Å². The predicted octanol–water partition coefficient (Wildman–Crippen LogP) is 5.70. The van der Waals surface area contributed by atoms with Gasteiger partial charge in [-0.1, -0.05) is 23.2 Å². The first kappa shape index (κ1) is 55.4. The van der Waals surface area contributed by atoms with Gasteiger partial charge in [0.1, 0.15) is 54.0 Å². The van der Waals surface area contributed by atoms with Crippen LogP contribution in [-0.4, -0.2) is 107 Å². The lowest BCUT2D eigenvalue weighted by Gasteiger charge is -2.25. The van der Waals surface area contributed by atoms with Crippen LogP contribution in [0.15, 0.2) is 80.4 Å². The first-order valence-corrected chi connectivity index (χ1v) is 28.5. The first-order chi connectivity index (χ1) is 35.1. The van der Waals surface area contributed by atoms with Gasteiger partial charge in [-0.3, -0.25) is 37.5 Å². The molecule has 8 rings (SSSR count). The second kappa shape index (κ2) is 19.6. The molecular formula is C37H27Cl3FN11O19S5. The standard InChI is InChI=1S/C37H27Cl3FN11O19S5/c1-11(9-42-17-6-5-16-28(32(17)76(67,68)69)71-30-23(39)25-29(22(38)26(30)45-16)70-27-15(44-25)4-3-14(41)31(27)75(64,65)66)43-36-48-35(40)49-37(50-36)46-18-7-19(21(74(61,62)63)8-20(18)73(58,59)60)51-52-24-12(2)13(10-72(55,56)57)33(53)47-34(24)54/h3-8,11,44H,9-10H2,1-2H3,(H2,47,53,54)(H,55,56,57)(H,58,59,60)(H,61,62,63)(H,64,65,66)(H,67,68,69)(H2,43,46,48,49,50). The van der Waals surface area contributed by atoms with E-state index in [-0.39, 0.29) is 45.8 Å². The smallest absolute Gasteiger partial charge is 0.301 e. The summed E-state index contributed by atoms with van der Waals surface area (Å²) in [5, 5.41) is 23.3. The number of nitrogens with zero attached hydrogens (tertiary/aromatic N) is 7. The molecule has 1 aliphatic carbocycles. The number of aromatic nitrogens is 5. The van der Waals surface area contributed by atoms with Crippen molar-refractivity contribution in [2.24, 2.45) is 15.2 Å². The third-order valence-electron chi connectivity index (χ3n) is 10.3. The molecule has 0 radical (unpaired) electrons. The summed E-state index contributed by atoms with van der Waals surface area (Å²) >= 11 is 19.4. The topological polar surface area (TPSA) is 472 Å². The molecule has 5 aromatic rings. The number of hydrogen-bond acceptors (Lipinski definition) is 24. The zero-order valence-corrected chi connectivity index (χ0v) is 43.5. The van der Waals surface area contributed by atoms with Gasteiger partial charge >= 0.3 is 20.2 Å². The highest BCUT2D eigenvalue weighted by atomic mass is 35.5. The van der Waals surface area contributed by atoms with Crippen molar-refractivity contribution < 1.29 is 83.5 Å². The number of fused-ring (bicyclic) bond motifs is 4. The molecule has 0 fully saturated rings. The molecule has 4 heterocycles. The quantitative estimate of drug-likeness (QED) is 0.0354. The van der Waals surface area contributed by atoms with Gasteiger partial charge in [-0.15, -0.1) is 10.2 Å². The van der Waals surface area contributed by atoms with Crippen LogP contribution in [0.25, 0.3) is 22.6 Å². The molecule has 76 heavy (non-hydrogen) atoms. The number of rotatable bonds is 14. The van der Waals surface area contributed by atoms with Crippen molar-refractivity contribution in [1.29, 1.82) is 0 Å². The van der Waals surface area contributed by atoms with Crippen molar-refractivity contribution in [3.63, 3.8) is 0 Å². The lowest BCUT2D eigenvalue weighted by molar-refractivity contribution is 0.433. The highest BCUT2D eigenvalue weighted by Crippen LogP contribution is 2.54. The summed E-state index contributed by atoms with van der Waals surface area (Å²) in [5.74, 6) is -6.31. The van der Waals surface area contributed by atoms with Crippen LogP contribution in [0.4, 0.5) is 44.7 Å². The van der Waals surface area contributed by atoms with E-state index in [4.69, 9.17) is 44.0 Å². The second-order valence-corrected chi connectivity index (χ2v) is 23.7.